The van der Waals surface area contributed by atoms with Crippen molar-refractivity contribution in [1.82, 2.24) is 4.90 Å². The Balaban J connectivity index is 1.72. The Morgan fingerprint density at radius 1 is 1.22 bits per heavy atom. The highest BCUT2D eigenvalue weighted by Gasteiger charge is 2.24. The zero-order valence-electron chi connectivity index (χ0n) is 13.6. The summed E-state index contributed by atoms with van der Waals surface area (Å²) in [7, 11) is 0. The van der Waals surface area contributed by atoms with Crippen molar-refractivity contribution in [3.63, 3.8) is 0 Å². The predicted molar refractivity (Wildman–Crippen MR) is 89.7 cm³/mol. The number of halogens is 1. The molecule has 2 N–H and O–H groups in total. The molecule has 2 heterocycles. The van der Waals surface area contributed by atoms with Crippen LogP contribution in [0.5, 0.6) is 0 Å². The monoisotopic (exact) mass is 319 g/mol. The first-order chi connectivity index (χ1) is 11.1. The molecule has 126 valence electrons. The molecule has 3 rings (SSSR count). The number of benzene rings is 1. The fraction of sp³-hybridized carbons (Fsp3) is 0.611. The van der Waals surface area contributed by atoms with Crippen molar-refractivity contribution in [2.75, 3.05) is 31.1 Å². The van der Waals surface area contributed by atoms with Gasteiger partial charge in [-0.05, 0) is 50.3 Å². The molecule has 5 heteroatoms. The first-order valence-electron chi connectivity index (χ1n) is 8.66. The number of carbonyl (C=O) groups is 1. The van der Waals surface area contributed by atoms with Crippen LogP contribution in [0.3, 0.4) is 0 Å². The smallest absolute Gasteiger partial charge is 0.217 e. The number of hydrogen-bond acceptors (Lipinski definition) is 3. The van der Waals surface area contributed by atoms with Gasteiger partial charge in [0, 0.05) is 43.9 Å². The van der Waals surface area contributed by atoms with E-state index in [2.05, 4.69) is 9.80 Å². The lowest BCUT2D eigenvalue weighted by molar-refractivity contribution is -0.119. The third-order valence-electron chi connectivity index (χ3n) is 5.02. The van der Waals surface area contributed by atoms with Crippen LogP contribution < -0.4 is 10.6 Å². The highest BCUT2D eigenvalue weighted by atomic mass is 19.1. The number of anilines is 1. The molecule has 0 unspecified atom stereocenters. The van der Waals surface area contributed by atoms with E-state index in [9.17, 15) is 9.18 Å². The average Bonchev–Trinajstić information content (AvgIpc) is 3.03. The fourth-order valence-corrected chi connectivity index (χ4v) is 3.93. The molecule has 0 radical (unpaired) electrons. The van der Waals surface area contributed by atoms with Crippen LogP contribution in [0.25, 0.3) is 0 Å². The topological polar surface area (TPSA) is 49.6 Å². The number of hydrogen-bond donors (Lipinski definition) is 1. The second-order valence-electron chi connectivity index (χ2n) is 6.85. The molecule has 23 heavy (non-hydrogen) atoms. The molecule has 4 nitrogen and oxygen atoms in total. The van der Waals surface area contributed by atoms with Crippen molar-refractivity contribution in [3.8, 4) is 0 Å². The van der Waals surface area contributed by atoms with Crippen LogP contribution in [0.1, 0.15) is 37.7 Å². The van der Waals surface area contributed by atoms with Gasteiger partial charge in [0.15, 0.2) is 0 Å². The Hall–Kier alpha value is -1.62. The van der Waals surface area contributed by atoms with Gasteiger partial charge in [-0.3, -0.25) is 9.69 Å². The molecule has 0 saturated carbocycles. The van der Waals surface area contributed by atoms with E-state index in [4.69, 9.17) is 5.73 Å². The molecule has 1 amide bonds. The highest BCUT2D eigenvalue weighted by molar-refractivity contribution is 5.74. The number of likely N-dealkylation sites (tertiary alicyclic amines) is 1. The van der Waals surface area contributed by atoms with Gasteiger partial charge in [0.25, 0.3) is 0 Å². The van der Waals surface area contributed by atoms with E-state index >= 15 is 0 Å². The Kier molecular flexibility index (Phi) is 5.16. The molecular weight excluding hydrogens is 293 g/mol. The number of carbonyl (C=O) groups excluding carboxylic acids is 1. The Morgan fingerprint density at radius 3 is 2.74 bits per heavy atom. The lowest BCUT2D eigenvalue weighted by Gasteiger charge is -2.33. The third-order valence-corrected chi connectivity index (χ3v) is 5.02. The molecule has 0 spiro atoms. The van der Waals surface area contributed by atoms with Crippen LogP contribution in [-0.2, 0) is 11.3 Å². The van der Waals surface area contributed by atoms with Crippen molar-refractivity contribution in [1.29, 1.82) is 0 Å². The maximum atomic E-state index is 14.4. The van der Waals surface area contributed by atoms with E-state index < -0.39 is 0 Å². The van der Waals surface area contributed by atoms with Gasteiger partial charge in [-0.2, -0.15) is 0 Å². The molecule has 1 aromatic rings. The van der Waals surface area contributed by atoms with Gasteiger partial charge in [0.05, 0.1) is 0 Å². The van der Waals surface area contributed by atoms with E-state index in [1.165, 1.54) is 12.8 Å². The zero-order valence-corrected chi connectivity index (χ0v) is 13.6. The molecule has 2 aliphatic heterocycles. The summed E-state index contributed by atoms with van der Waals surface area (Å²) in [5.74, 6) is -0.0461. The minimum atomic E-state index is -0.236. The second-order valence-corrected chi connectivity index (χ2v) is 6.85. The highest BCUT2D eigenvalue weighted by Crippen LogP contribution is 2.29. The minimum Gasteiger partial charge on any atom is -0.371 e. The van der Waals surface area contributed by atoms with Crippen molar-refractivity contribution in [2.45, 2.75) is 38.6 Å². The van der Waals surface area contributed by atoms with Gasteiger partial charge in [0.2, 0.25) is 5.91 Å². The van der Waals surface area contributed by atoms with Crippen molar-refractivity contribution in [2.24, 2.45) is 11.7 Å². The van der Waals surface area contributed by atoms with Crippen LogP contribution >= 0.6 is 0 Å². The normalized spacial score (nSPS) is 22.5. The molecule has 0 aromatic heterocycles. The lowest BCUT2D eigenvalue weighted by atomic mass is 9.94. The van der Waals surface area contributed by atoms with E-state index in [0.717, 1.165) is 50.3 Å². The molecule has 2 fully saturated rings. The number of nitrogens with zero attached hydrogens (tertiary/aromatic N) is 2. The molecule has 2 aliphatic rings. The minimum absolute atomic E-state index is 0.119. The van der Waals surface area contributed by atoms with Crippen LogP contribution in [0.4, 0.5) is 10.1 Å². The number of amides is 1. The van der Waals surface area contributed by atoms with E-state index in [0.29, 0.717) is 18.9 Å². The predicted octanol–water partition coefficient (Wildman–Crippen LogP) is 2.51. The van der Waals surface area contributed by atoms with Gasteiger partial charge in [-0.25, -0.2) is 4.39 Å². The van der Waals surface area contributed by atoms with E-state index in [1.807, 2.05) is 6.07 Å². The lowest BCUT2D eigenvalue weighted by Crippen LogP contribution is -2.37. The maximum Gasteiger partial charge on any atom is 0.217 e. The third kappa shape index (κ3) is 4.02. The molecule has 2 saturated heterocycles. The van der Waals surface area contributed by atoms with E-state index in [-0.39, 0.29) is 11.7 Å². The van der Waals surface area contributed by atoms with Gasteiger partial charge < -0.3 is 10.6 Å². The van der Waals surface area contributed by atoms with Crippen LogP contribution in [0, 0.1) is 11.7 Å². The summed E-state index contributed by atoms with van der Waals surface area (Å²) in [6.07, 6.45) is 4.88. The first kappa shape index (κ1) is 16.2. The first-order valence-corrected chi connectivity index (χ1v) is 8.66. The fourth-order valence-electron chi connectivity index (χ4n) is 3.93. The average molecular weight is 319 g/mol. The Labute approximate surface area is 137 Å². The van der Waals surface area contributed by atoms with Crippen molar-refractivity contribution >= 4 is 11.6 Å². The summed E-state index contributed by atoms with van der Waals surface area (Å²) < 4.78 is 14.4. The summed E-state index contributed by atoms with van der Waals surface area (Å²) >= 11 is 0. The van der Waals surface area contributed by atoms with Gasteiger partial charge in [-0.1, -0.05) is 6.07 Å². The van der Waals surface area contributed by atoms with Crippen LogP contribution in [0.15, 0.2) is 18.2 Å². The van der Waals surface area contributed by atoms with Crippen LogP contribution in [-0.4, -0.2) is 37.0 Å². The van der Waals surface area contributed by atoms with Crippen molar-refractivity contribution < 1.29 is 9.18 Å². The quantitative estimate of drug-likeness (QED) is 0.907. The van der Waals surface area contributed by atoms with E-state index in [1.54, 1.807) is 12.1 Å². The standard InChI is InChI=1S/C18H26FN3O/c19-16-6-3-7-17(22-9-1-2-10-22)15(16)13-21-8-4-5-14(12-21)11-18(20)23/h3,6-7,14H,1-2,4-5,8-13H2,(H2,20,23)/t14-/m0/s1. The second kappa shape index (κ2) is 7.30. The molecule has 1 aromatic carbocycles. The Bertz CT molecular complexity index is 557. The summed E-state index contributed by atoms with van der Waals surface area (Å²) in [5, 5.41) is 0. The summed E-state index contributed by atoms with van der Waals surface area (Å²) in [6.45, 7) is 4.44. The SMILES string of the molecule is NC(=O)C[C@@H]1CCCN(Cc2c(F)cccc2N2CCCC2)C1. The zero-order chi connectivity index (χ0) is 16.2. The number of nitrogens with two attached hydrogens (primary N) is 1. The number of rotatable bonds is 5. The number of piperidine rings is 1. The molecule has 0 aliphatic carbocycles. The molecule has 1 atom stereocenters. The molecular formula is C18H26FN3O. The number of primary amides is 1. The van der Waals surface area contributed by atoms with Gasteiger partial charge in [-0.15, -0.1) is 0 Å². The summed E-state index contributed by atoms with van der Waals surface area (Å²) in [6, 6.07) is 5.40. The summed E-state index contributed by atoms with van der Waals surface area (Å²) in [4.78, 5) is 15.7. The molecule has 0 bridgehead atoms. The van der Waals surface area contributed by atoms with Crippen LogP contribution in [0.2, 0.25) is 0 Å². The van der Waals surface area contributed by atoms with Crippen molar-refractivity contribution in [3.05, 3.63) is 29.6 Å². The van der Waals surface area contributed by atoms with Gasteiger partial charge >= 0.3 is 0 Å². The maximum absolute atomic E-state index is 14.4. The largest absolute Gasteiger partial charge is 0.371 e. The Morgan fingerprint density at radius 2 is 2.00 bits per heavy atom. The van der Waals surface area contributed by atoms with Gasteiger partial charge in [0.1, 0.15) is 5.82 Å². The summed E-state index contributed by atoms with van der Waals surface area (Å²) in [5.41, 5.74) is 7.17.